The summed E-state index contributed by atoms with van der Waals surface area (Å²) in [6.45, 7) is 11.1. The molecule has 2 nitrogen and oxygen atoms in total. The zero-order valence-electron chi connectivity index (χ0n) is 12.4. The van der Waals surface area contributed by atoms with Crippen LogP contribution in [-0.4, -0.2) is 24.3 Å². The quantitative estimate of drug-likeness (QED) is 0.573. The van der Waals surface area contributed by atoms with Crippen molar-refractivity contribution in [3.05, 3.63) is 0 Å². The zero-order chi connectivity index (χ0) is 13.1. The normalized spacial score (nSPS) is 13.9. The first kappa shape index (κ1) is 16.9. The molecule has 0 unspecified atom stereocenters. The molecule has 17 heavy (non-hydrogen) atoms. The Labute approximate surface area is 108 Å². The molecule has 0 saturated heterocycles. The monoisotopic (exact) mass is 243 g/mol. The lowest BCUT2D eigenvalue weighted by Crippen LogP contribution is -2.27. The van der Waals surface area contributed by atoms with Crippen molar-refractivity contribution in [2.75, 3.05) is 13.1 Å². The van der Waals surface area contributed by atoms with Gasteiger partial charge in [0, 0.05) is 0 Å². The van der Waals surface area contributed by atoms with Crippen molar-refractivity contribution in [3.63, 3.8) is 0 Å². The van der Waals surface area contributed by atoms with Gasteiger partial charge in [-0.3, -0.25) is 0 Å². The molecular weight excluding hydrogens is 210 g/mol. The lowest BCUT2D eigenvalue weighted by atomic mass is 9.97. The van der Waals surface area contributed by atoms with Crippen LogP contribution in [0.1, 0.15) is 72.6 Å². The fourth-order valence-corrected chi connectivity index (χ4v) is 1.85. The number of aliphatic hydroxyl groups excluding tert-OH is 1. The van der Waals surface area contributed by atoms with Gasteiger partial charge in [0.25, 0.3) is 0 Å². The second-order valence-corrected chi connectivity index (χ2v) is 6.38. The van der Waals surface area contributed by atoms with Crippen LogP contribution in [0.3, 0.4) is 0 Å². The molecule has 0 bridgehead atoms. The van der Waals surface area contributed by atoms with E-state index < -0.39 is 0 Å². The topological polar surface area (TPSA) is 32.3 Å². The molecule has 0 heterocycles. The Balaban J connectivity index is 3.18. The maximum atomic E-state index is 9.67. The summed E-state index contributed by atoms with van der Waals surface area (Å²) in [5.41, 5.74) is 0.385. The highest BCUT2D eigenvalue weighted by molar-refractivity contribution is 4.64. The highest BCUT2D eigenvalue weighted by Gasteiger charge is 2.08. The van der Waals surface area contributed by atoms with E-state index in [4.69, 9.17) is 0 Å². The predicted molar refractivity (Wildman–Crippen MR) is 76.3 cm³/mol. The molecule has 0 aromatic rings. The smallest absolute Gasteiger partial charge is 0.0540 e. The minimum atomic E-state index is -0.0579. The predicted octanol–water partition coefficient (Wildman–Crippen LogP) is 3.73. The summed E-state index contributed by atoms with van der Waals surface area (Å²) in [5.74, 6) is 0. The van der Waals surface area contributed by atoms with Crippen molar-refractivity contribution in [2.45, 2.75) is 78.7 Å². The summed E-state index contributed by atoms with van der Waals surface area (Å²) in [4.78, 5) is 0. The average Bonchev–Trinajstić information content (AvgIpc) is 2.23. The molecule has 0 aliphatic carbocycles. The fraction of sp³-hybridized carbons (Fsp3) is 1.00. The van der Waals surface area contributed by atoms with E-state index in [1.54, 1.807) is 0 Å². The van der Waals surface area contributed by atoms with E-state index in [9.17, 15) is 5.11 Å². The van der Waals surface area contributed by atoms with Gasteiger partial charge in [-0.15, -0.1) is 0 Å². The van der Waals surface area contributed by atoms with Gasteiger partial charge in [0.15, 0.2) is 0 Å². The summed E-state index contributed by atoms with van der Waals surface area (Å²) in [5, 5.41) is 13.2. The minimum Gasteiger partial charge on any atom is -0.393 e. The first-order valence-corrected chi connectivity index (χ1v) is 7.34. The van der Waals surface area contributed by atoms with Crippen molar-refractivity contribution >= 4 is 0 Å². The molecule has 0 saturated carbocycles. The third-order valence-corrected chi connectivity index (χ3v) is 2.94. The number of rotatable bonds is 10. The largest absolute Gasteiger partial charge is 0.393 e. The van der Waals surface area contributed by atoms with Gasteiger partial charge in [-0.2, -0.15) is 0 Å². The van der Waals surface area contributed by atoms with E-state index in [-0.39, 0.29) is 6.10 Å². The van der Waals surface area contributed by atoms with Crippen LogP contribution >= 0.6 is 0 Å². The van der Waals surface area contributed by atoms with Crippen molar-refractivity contribution < 1.29 is 5.11 Å². The Morgan fingerprint density at radius 2 is 1.65 bits per heavy atom. The average molecular weight is 243 g/mol. The van der Waals surface area contributed by atoms with Crippen molar-refractivity contribution in [2.24, 2.45) is 5.41 Å². The number of nitrogens with one attached hydrogen (secondary N) is 1. The second kappa shape index (κ2) is 9.90. The van der Waals surface area contributed by atoms with Crippen LogP contribution in [0.25, 0.3) is 0 Å². The Bertz CT molecular complexity index is 163. The Morgan fingerprint density at radius 1 is 1.00 bits per heavy atom. The van der Waals surface area contributed by atoms with Crippen LogP contribution in [0.2, 0.25) is 0 Å². The Morgan fingerprint density at radius 3 is 2.24 bits per heavy atom. The fourth-order valence-electron chi connectivity index (χ4n) is 1.85. The molecular formula is C15H33NO. The number of hydrogen-bond donors (Lipinski definition) is 2. The summed E-state index contributed by atoms with van der Waals surface area (Å²) in [7, 11) is 0. The first-order chi connectivity index (χ1) is 7.95. The lowest BCUT2D eigenvalue weighted by molar-refractivity contribution is 0.148. The maximum Gasteiger partial charge on any atom is 0.0540 e. The highest BCUT2D eigenvalue weighted by atomic mass is 16.3. The van der Waals surface area contributed by atoms with Crippen LogP contribution in [-0.2, 0) is 0 Å². The SMILES string of the molecule is CCCC[C@H](O)CCCCCNCC(C)(C)C. The Hall–Kier alpha value is -0.0800. The van der Waals surface area contributed by atoms with E-state index in [0.717, 1.165) is 32.4 Å². The van der Waals surface area contributed by atoms with Gasteiger partial charge in [0.2, 0.25) is 0 Å². The molecule has 0 aromatic heterocycles. The molecule has 1 atom stereocenters. The van der Waals surface area contributed by atoms with Crippen LogP contribution in [0.5, 0.6) is 0 Å². The Kier molecular flexibility index (Phi) is 9.85. The van der Waals surface area contributed by atoms with E-state index in [1.165, 1.54) is 25.7 Å². The summed E-state index contributed by atoms with van der Waals surface area (Å²) >= 11 is 0. The summed E-state index contributed by atoms with van der Waals surface area (Å²) in [6.07, 6.45) is 7.90. The maximum absolute atomic E-state index is 9.67. The molecule has 0 aliphatic heterocycles. The van der Waals surface area contributed by atoms with Crippen molar-refractivity contribution in [3.8, 4) is 0 Å². The van der Waals surface area contributed by atoms with E-state index >= 15 is 0 Å². The number of aliphatic hydroxyl groups is 1. The van der Waals surface area contributed by atoms with Gasteiger partial charge < -0.3 is 10.4 Å². The van der Waals surface area contributed by atoms with Gasteiger partial charge in [-0.1, -0.05) is 53.4 Å². The van der Waals surface area contributed by atoms with Gasteiger partial charge in [0.1, 0.15) is 0 Å². The molecule has 2 N–H and O–H groups in total. The molecule has 104 valence electrons. The molecule has 2 heteroatoms. The minimum absolute atomic E-state index is 0.0579. The van der Waals surface area contributed by atoms with Crippen LogP contribution < -0.4 is 5.32 Å². The highest BCUT2D eigenvalue weighted by Crippen LogP contribution is 2.11. The zero-order valence-corrected chi connectivity index (χ0v) is 12.4. The van der Waals surface area contributed by atoms with Gasteiger partial charge in [0.05, 0.1) is 6.10 Å². The molecule has 0 fully saturated rings. The second-order valence-electron chi connectivity index (χ2n) is 6.38. The van der Waals surface area contributed by atoms with Crippen LogP contribution in [0, 0.1) is 5.41 Å². The van der Waals surface area contributed by atoms with E-state index in [0.29, 0.717) is 5.41 Å². The van der Waals surface area contributed by atoms with Crippen LogP contribution in [0.15, 0.2) is 0 Å². The molecule has 0 aliphatic rings. The molecule has 0 radical (unpaired) electrons. The molecule has 0 amide bonds. The summed E-state index contributed by atoms with van der Waals surface area (Å²) < 4.78 is 0. The van der Waals surface area contributed by atoms with Gasteiger partial charge in [-0.25, -0.2) is 0 Å². The van der Waals surface area contributed by atoms with E-state index in [1.807, 2.05) is 0 Å². The third-order valence-electron chi connectivity index (χ3n) is 2.94. The third kappa shape index (κ3) is 13.9. The molecule has 0 aromatic carbocycles. The van der Waals surface area contributed by atoms with Gasteiger partial charge in [-0.05, 0) is 37.8 Å². The molecule has 0 spiro atoms. The van der Waals surface area contributed by atoms with Gasteiger partial charge >= 0.3 is 0 Å². The number of hydrogen-bond acceptors (Lipinski definition) is 2. The van der Waals surface area contributed by atoms with Crippen molar-refractivity contribution in [1.82, 2.24) is 5.32 Å². The molecule has 0 rings (SSSR count). The van der Waals surface area contributed by atoms with Crippen LogP contribution in [0.4, 0.5) is 0 Å². The van der Waals surface area contributed by atoms with E-state index in [2.05, 4.69) is 33.0 Å². The number of unbranched alkanes of at least 4 members (excludes halogenated alkanes) is 3. The lowest BCUT2D eigenvalue weighted by Gasteiger charge is -2.18. The standard InChI is InChI=1S/C15H33NO/c1-5-6-10-14(17)11-8-7-9-12-16-13-15(2,3)4/h14,16-17H,5-13H2,1-4H3/t14-/m0/s1. The van der Waals surface area contributed by atoms with Crippen molar-refractivity contribution in [1.29, 1.82) is 0 Å². The first-order valence-electron chi connectivity index (χ1n) is 7.34. The summed E-state index contributed by atoms with van der Waals surface area (Å²) in [6, 6.07) is 0.